The summed E-state index contributed by atoms with van der Waals surface area (Å²) in [7, 11) is -5.82. The van der Waals surface area contributed by atoms with E-state index in [4.69, 9.17) is 4.74 Å². The number of ether oxygens (including phenoxy) is 1. The molecule has 0 bridgehead atoms. The van der Waals surface area contributed by atoms with Crippen LogP contribution >= 0.6 is 0 Å². The molecule has 9 heteroatoms. The fraction of sp³-hybridized carbons (Fsp3) is 0.118. The van der Waals surface area contributed by atoms with E-state index in [9.17, 15) is 21.6 Å². The molecule has 1 aromatic heterocycles. The third-order valence-corrected chi connectivity index (χ3v) is 4.33. The Kier molecular flexibility index (Phi) is 4.73. The van der Waals surface area contributed by atoms with Crippen molar-refractivity contribution in [3.63, 3.8) is 0 Å². The Labute approximate surface area is 147 Å². The Morgan fingerprint density at radius 3 is 2.31 bits per heavy atom. The van der Waals surface area contributed by atoms with Gasteiger partial charge in [0.25, 0.3) is 0 Å². The average Bonchev–Trinajstić information content (AvgIpc) is 2.59. The van der Waals surface area contributed by atoms with E-state index in [0.29, 0.717) is 5.39 Å². The third kappa shape index (κ3) is 3.88. The van der Waals surface area contributed by atoms with E-state index >= 15 is 0 Å². The maximum absolute atomic E-state index is 12.5. The maximum atomic E-state index is 12.5. The molecule has 0 N–H and O–H groups in total. The van der Waals surface area contributed by atoms with Crippen LogP contribution in [0.25, 0.3) is 10.9 Å². The lowest BCUT2D eigenvalue weighted by Gasteiger charge is -2.13. The van der Waals surface area contributed by atoms with Crippen LogP contribution in [0.15, 0.2) is 60.7 Å². The largest absolute Gasteiger partial charge is 0.534 e. The second kappa shape index (κ2) is 6.83. The van der Waals surface area contributed by atoms with E-state index in [2.05, 4.69) is 9.17 Å². The smallest absolute Gasteiger partial charge is 0.488 e. The first-order valence-corrected chi connectivity index (χ1v) is 8.74. The Hall–Kier alpha value is -2.81. The lowest BCUT2D eigenvalue weighted by atomic mass is 10.2. The molecule has 5 nitrogen and oxygen atoms in total. The average molecular weight is 383 g/mol. The molecule has 0 spiro atoms. The van der Waals surface area contributed by atoms with E-state index < -0.39 is 21.5 Å². The standard InChI is InChI=1S/C17H12F3NO4S/c18-17(19,20)26(22,23)25-16-10-15(13-8-4-5-9-14(13)21-16)24-11-12-6-2-1-3-7-12/h1-10H,11H2. The number of halogens is 3. The molecule has 136 valence electrons. The molecule has 0 atom stereocenters. The number of fused-ring (bicyclic) bond motifs is 1. The van der Waals surface area contributed by atoms with Crippen molar-refractivity contribution in [3.05, 3.63) is 66.2 Å². The Bertz CT molecular complexity index is 1020. The van der Waals surface area contributed by atoms with Crippen LogP contribution in [0.2, 0.25) is 0 Å². The van der Waals surface area contributed by atoms with Crippen molar-refractivity contribution in [1.29, 1.82) is 0 Å². The quantitative estimate of drug-likeness (QED) is 0.491. The number of hydrogen-bond acceptors (Lipinski definition) is 5. The second-order valence-electron chi connectivity index (χ2n) is 5.23. The summed E-state index contributed by atoms with van der Waals surface area (Å²) in [4.78, 5) is 3.81. The van der Waals surface area contributed by atoms with E-state index in [-0.39, 0.29) is 17.9 Å². The zero-order valence-electron chi connectivity index (χ0n) is 13.1. The summed E-state index contributed by atoms with van der Waals surface area (Å²) in [6.45, 7) is 0.139. The van der Waals surface area contributed by atoms with Gasteiger partial charge in [-0.1, -0.05) is 42.5 Å². The van der Waals surface area contributed by atoms with Crippen LogP contribution in [0, 0.1) is 0 Å². The van der Waals surface area contributed by atoms with E-state index in [1.54, 1.807) is 18.2 Å². The van der Waals surface area contributed by atoms with Crippen molar-refractivity contribution in [1.82, 2.24) is 4.98 Å². The first-order chi connectivity index (χ1) is 12.3. The van der Waals surface area contributed by atoms with Crippen LogP contribution in [-0.4, -0.2) is 18.9 Å². The molecule has 0 aliphatic heterocycles. The first-order valence-electron chi connectivity index (χ1n) is 7.33. The lowest BCUT2D eigenvalue weighted by Crippen LogP contribution is -2.28. The van der Waals surface area contributed by atoms with Crippen molar-refractivity contribution in [3.8, 4) is 11.6 Å². The normalized spacial score (nSPS) is 12.1. The van der Waals surface area contributed by atoms with E-state index in [0.717, 1.165) is 11.6 Å². The molecule has 0 saturated carbocycles. The number of aromatic nitrogens is 1. The predicted molar refractivity (Wildman–Crippen MR) is 88.1 cm³/mol. The van der Waals surface area contributed by atoms with Crippen LogP contribution in [-0.2, 0) is 16.7 Å². The molecule has 3 rings (SSSR count). The monoisotopic (exact) mass is 383 g/mol. The fourth-order valence-corrected chi connectivity index (χ4v) is 2.58. The van der Waals surface area contributed by atoms with Gasteiger partial charge in [-0.2, -0.15) is 21.6 Å². The Morgan fingerprint density at radius 2 is 1.62 bits per heavy atom. The van der Waals surface area contributed by atoms with Gasteiger partial charge in [0.1, 0.15) is 12.4 Å². The first kappa shape index (κ1) is 18.0. The summed E-state index contributed by atoms with van der Waals surface area (Å²) in [6, 6.07) is 16.6. The van der Waals surface area contributed by atoms with Gasteiger partial charge in [0.15, 0.2) is 0 Å². The zero-order valence-corrected chi connectivity index (χ0v) is 13.9. The highest BCUT2D eigenvalue weighted by Crippen LogP contribution is 2.32. The van der Waals surface area contributed by atoms with Gasteiger partial charge >= 0.3 is 15.6 Å². The summed E-state index contributed by atoms with van der Waals surface area (Å²) in [5, 5.41) is 0.514. The minimum atomic E-state index is -5.82. The predicted octanol–water partition coefficient (Wildman–Crippen LogP) is 4.04. The number of hydrogen-bond donors (Lipinski definition) is 0. The van der Waals surface area contributed by atoms with E-state index in [1.165, 1.54) is 6.07 Å². The molecule has 2 aromatic carbocycles. The highest BCUT2D eigenvalue weighted by molar-refractivity contribution is 7.87. The van der Waals surface area contributed by atoms with Gasteiger partial charge in [-0.15, -0.1) is 0 Å². The Morgan fingerprint density at radius 1 is 0.962 bits per heavy atom. The number of rotatable bonds is 5. The van der Waals surface area contributed by atoms with Crippen LogP contribution < -0.4 is 8.92 Å². The Balaban J connectivity index is 1.96. The second-order valence-corrected chi connectivity index (χ2v) is 6.77. The number of benzene rings is 2. The molecule has 26 heavy (non-hydrogen) atoms. The van der Waals surface area contributed by atoms with Crippen molar-refractivity contribution in [2.24, 2.45) is 0 Å². The SMILES string of the molecule is O=S(=O)(Oc1cc(OCc2ccccc2)c2ccccc2n1)C(F)(F)F. The lowest BCUT2D eigenvalue weighted by molar-refractivity contribution is -0.0501. The van der Waals surface area contributed by atoms with Gasteiger partial charge in [0.05, 0.1) is 5.52 Å². The summed E-state index contributed by atoms with van der Waals surface area (Å²) < 4.78 is 69.8. The number of alkyl halides is 3. The molecule has 0 saturated heterocycles. The highest BCUT2D eigenvalue weighted by atomic mass is 32.2. The van der Waals surface area contributed by atoms with Gasteiger partial charge in [-0.25, -0.2) is 4.98 Å². The van der Waals surface area contributed by atoms with Crippen molar-refractivity contribution >= 4 is 21.0 Å². The van der Waals surface area contributed by atoms with Crippen LogP contribution in [0.1, 0.15) is 5.56 Å². The minimum absolute atomic E-state index is 0.139. The number of para-hydroxylation sites is 1. The van der Waals surface area contributed by atoms with Gasteiger partial charge < -0.3 is 8.92 Å². The van der Waals surface area contributed by atoms with Crippen LogP contribution in [0.4, 0.5) is 13.2 Å². The topological polar surface area (TPSA) is 65.5 Å². The highest BCUT2D eigenvalue weighted by Gasteiger charge is 2.49. The van der Waals surface area contributed by atoms with Crippen molar-refractivity contribution < 1.29 is 30.5 Å². The maximum Gasteiger partial charge on any atom is 0.534 e. The molecule has 3 aromatic rings. The van der Waals surface area contributed by atoms with Gasteiger partial charge in [0, 0.05) is 11.5 Å². The number of nitrogens with zero attached hydrogens (tertiary/aromatic N) is 1. The van der Waals surface area contributed by atoms with Crippen molar-refractivity contribution in [2.75, 3.05) is 0 Å². The molecule has 1 heterocycles. The molecule has 0 aliphatic rings. The molecular formula is C17H12F3NO4S. The molecule has 0 radical (unpaired) electrons. The fourth-order valence-electron chi connectivity index (χ4n) is 2.18. The zero-order chi connectivity index (χ0) is 18.8. The molecule has 0 fully saturated rings. The molecular weight excluding hydrogens is 371 g/mol. The number of pyridine rings is 1. The van der Waals surface area contributed by atoms with E-state index in [1.807, 2.05) is 30.3 Å². The summed E-state index contributed by atoms with van der Waals surface area (Å²) in [6.07, 6.45) is 0. The summed E-state index contributed by atoms with van der Waals surface area (Å²) in [5.41, 5.74) is -4.48. The van der Waals surface area contributed by atoms with Gasteiger partial charge in [-0.3, -0.25) is 0 Å². The van der Waals surface area contributed by atoms with Crippen LogP contribution in [0.3, 0.4) is 0 Å². The molecule has 0 amide bonds. The summed E-state index contributed by atoms with van der Waals surface area (Å²) >= 11 is 0. The van der Waals surface area contributed by atoms with Crippen LogP contribution in [0.5, 0.6) is 11.6 Å². The minimum Gasteiger partial charge on any atom is -0.488 e. The molecule has 0 aliphatic carbocycles. The van der Waals surface area contributed by atoms with Crippen molar-refractivity contribution in [2.45, 2.75) is 12.1 Å². The summed E-state index contributed by atoms with van der Waals surface area (Å²) in [5.74, 6) is -0.559. The molecule has 0 unspecified atom stereocenters. The van der Waals surface area contributed by atoms with Gasteiger partial charge in [0.2, 0.25) is 5.88 Å². The third-order valence-electron chi connectivity index (χ3n) is 3.37. The van der Waals surface area contributed by atoms with Gasteiger partial charge in [-0.05, 0) is 17.7 Å².